The van der Waals surface area contributed by atoms with Crippen molar-refractivity contribution in [1.82, 2.24) is 4.98 Å². The van der Waals surface area contributed by atoms with Gasteiger partial charge in [0.05, 0.1) is 0 Å². The van der Waals surface area contributed by atoms with Crippen LogP contribution in [0.1, 0.15) is 78.3 Å². The maximum absolute atomic E-state index is 6.08. The molecule has 0 saturated carbocycles. The molecule has 0 spiro atoms. The van der Waals surface area contributed by atoms with E-state index in [0.29, 0.717) is 0 Å². The van der Waals surface area contributed by atoms with Crippen LogP contribution in [0.2, 0.25) is 0 Å². The molecule has 0 aliphatic rings. The van der Waals surface area contributed by atoms with Gasteiger partial charge in [0.25, 0.3) is 0 Å². The second-order valence-corrected chi connectivity index (χ2v) is 7.72. The first-order valence-electron chi connectivity index (χ1n) is 8.13. The molecule has 116 valence electrons. The molecule has 0 aliphatic carbocycles. The molecule has 21 heavy (non-hydrogen) atoms. The lowest BCUT2D eigenvalue weighted by molar-refractivity contribution is 0.479. The van der Waals surface area contributed by atoms with E-state index in [0.717, 1.165) is 36.3 Å². The van der Waals surface area contributed by atoms with Crippen molar-refractivity contribution in [1.29, 1.82) is 0 Å². The van der Waals surface area contributed by atoms with Gasteiger partial charge in [-0.05, 0) is 35.3 Å². The van der Waals surface area contributed by atoms with Crippen LogP contribution in [0.25, 0.3) is 11.1 Å². The van der Waals surface area contributed by atoms with Crippen LogP contribution in [0.15, 0.2) is 16.5 Å². The Bertz CT molecular complexity index is 629. The summed E-state index contributed by atoms with van der Waals surface area (Å²) in [5.41, 5.74) is 4.85. The zero-order chi connectivity index (χ0) is 15.8. The molecule has 2 aromatic rings. The second-order valence-electron chi connectivity index (χ2n) is 7.72. The van der Waals surface area contributed by atoms with Crippen molar-refractivity contribution in [2.24, 2.45) is 0 Å². The summed E-state index contributed by atoms with van der Waals surface area (Å²) in [5, 5.41) is 0. The Kier molecular flexibility index (Phi) is 4.19. The van der Waals surface area contributed by atoms with E-state index in [9.17, 15) is 0 Å². The van der Waals surface area contributed by atoms with Gasteiger partial charge in [-0.2, -0.15) is 0 Å². The van der Waals surface area contributed by atoms with Gasteiger partial charge in [-0.3, -0.25) is 0 Å². The van der Waals surface area contributed by atoms with Gasteiger partial charge in [-0.15, -0.1) is 0 Å². The summed E-state index contributed by atoms with van der Waals surface area (Å²) in [6.45, 7) is 15.7. The van der Waals surface area contributed by atoms with E-state index in [4.69, 9.17) is 9.40 Å². The molecule has 0 saturated heterocycles. The normalized spacial score (nSPS) is 13.1. The number of oxazole rings is 1. The molecule has 0 N–H and O–H groups in total. The minimum absolute atomic E-state index is 0.0997. The molecule has 2 rings (SSSR count). The van der Waals surface area contributed by atoms with E-state index in [1.165, 1.54) is 11.1 Å². The van der Waals surface area contributed by atoms with Gasteiger partial charge in [0.15, 0.2) is 11.5 Å². The van der Waals surface area contributed by atoms with E-state index in [2.05, 4.69) is 60.6 Å². The van der Waals surface area contributed by atoms with Gasteiger partial charge in [-0.1, -0.05) is 54.5 Å². The van der Waals surface area contributed by atoms with Crippen molar-refractivity contribution in [3.05, 3.63) is 29.2 Å². The topological polar surface area (TPSA) is 26.0 Å². The van der Waals surface area contributed by atoms with Crippen LogP contribution < -0.4 is 0 Å². The van der Waals surface area contributed by atoms with E-state index in [-0.39, 0.29) is 10.8 Å². The highest BCUT2D eigenvalue weighted by Gasteiger charge is 2.27. The Morgan fingerprint density at radius 2 is 1.71 bits per heavy atom. The predicted octanol–water partition coefficient (Wildman–Crippen LogP) is 5.77. The van der Waals surface area contributed by atoms with Crippen molar-refractivity contribution >= 4 is 11.1 Å². The number of hydrogen-bond acceptors (Lipinski definition) is 2. The number of aromatic nitrogens is 1. The maximum atomic E-state index is 6.08. The standard InChI is InChI=1S/C19H29NO/c1-8-10-16-20-15-12-13(18(3,4)5)11-14(17(15)21-16)19(6,7)9-2/h11-12H,8-10H2,1-7H3. The molecule has 0 amide bonds. The number of nitrogens with zero attached hydrogens (tertiary/aromatic N) is 1. The highest BCUT2D eigenvalue weighted by atomic mass is 16.3. The van der Waals surface area contributed by atoms with Gasteiger partial charge in [0, 0.05) is 12.0 Å². The van der Waals surface area contributed by atoms with E-state index >= 15 is 0 Å². The maximum Gasteiger partial charge on any atom is 0.195 e. The van der Waals surface area contributed by atoms with Gasteiger partial charge in [0.1, 0.15) is 5.52 Å². The highest BCUT2D eigenvalue weighted by Crippen LogP contribution is 2.37. The highest BCUT2D eigenvalue weighted by molar-refractivity contribution is 5.79. The summed E-state index contributed by atoms with van der Waals surface area (Å²) >= 11 is 0. The molecule has 0 atom stereocenters. The number of benzene rings is 1. The Labute approximate surface area is 129 Å². The number of aryl methyl sites for hydroxylation is 1. The lowest BCUT2D eigenvalue weighted by atomic mass is 9.78. The third kappa shape index (κ3) is 3.14. The fraction of sp³-hybridized carbons (Fsp3) is 0.632. The molecule has 0 aliphatic heterocycles. The SMILES string of the molecule is CCCc1nc2cc(C(C)(C)C)cc(C(C)(C)CC)c2o1. The van der Waals surface area contributed by atoms with Crippen molar-refractivity contribution in [2.45, 2.75) is 78.6 Å². The Morgan fingerprint density at radius 1 is 1.05 bits per heavy atom. The quantitative estimate of drug-likeness (QED) is 0.714. The van der Waals surface area contributed by atoms with Crippen molar-refractivity contribution in [3.8, 4) is 0 Å². The van der Waals surface area contributed by atoms with Crippen LogP contribution in [0.3, 0.4) is 0 Å². The number of hydrogen-bond donors (Lipinski definition) is 0. The van der Waals surface area contributed by atoms with Crippen LogP contribution in [-0.4, -0.2) is 4.98 Å². The monoisotopic (exact) mass is 287 g/mol. The molecular formula is C19H29NO. The van der Waals surface area contributed by atoms with E-state index in [1.54, 1.807) is 0 Å². The molecule has 0 fully saturated rings. The molecule has 1 aromatic heterocycles. The van der Waals surface area contributed by atoms with Crippen molar-refractivity contribution in [2.75, 3.05) is 0 Å². The zero-order valence-corrected chi connectivity index (χ0v) is 14.6. The van der Waals surface area contributed by atoms with E-state index < -0.39 is 0 Å². The van der Waals surface area contributed by atoms with Crippen LogP contribution in [0, 0.1) is 0 Å². The first-order chi connectivity index (χ1) is 9.69. The lowest BCUT2D eigenvalue weighted by Crippen LogP contribution is -2.18. The third-order valence-electron chi connectivity index (χ3n) is 4.48. The molecular weight excluding hydrogens is 258 g/mol. The fourth-order valence-electron chi connectivity index (χ4n) is 2.53. The predicted molar refractivity (Wildman–Crippen MR) is 90.0 cm³/mol. The molecule has 2 heteroatoms. The largest absolute Gasteiger partial charge is 0.440 e. The first kappa shape index (κ1) is 16.1. The first-order valence-corrected chi connectivity index (χ1v) is 8.13. The summed E-state index contributed by atoms with van der Waals surface area (Å²) in [6, 6.07) is 4.53. The Balaban J connectivity index is 2.72. The van der Waals surface area contributed by atoms with Crippen LogP contribution in [0.5, 0.6) is 0 Å². The van der Waals surface area contributed by atoms with Gasteiger partial charge in [0.2, 0.25) is 0 Å². The number of rotatable bonds is 4. The minimum atomic E-state index is 0.0997. The molecule has 0 radical (unpaired) electrons. The molecule has 0 unspecified atom stereocenters. The summed E-state index contributed by atoms with van der Waals surface area (Å²) in [4.78, 5) is 4.72. The van der Waals surface area contributed by atoms with Gasteiger partial charge >= 0.3 is 0 Å². The minimum Gasteiger partial charge on any atom is -0.440 e. The van der Waals surface area contributed by atoms with Crippen LogP contribution >= 0.6 is 0 Å². The van der Waals surface area contributed by atoms with Crippen LogP contribution in [0.4, 0.5) is 0 Å². The fourth-order valence-corrected chi connectivity index (χ4v) is 2.53. The molecule has 2 nitrogen and oxygen atoms in total. The molecule has 0 bridgehead atoms. The summed E-state index contributed by atoms with van der Waals surface area (Å²) < 4.78 is 6.08. The average Bonchev–Trinajstić information content (AvgIpc) is 2.79. The zero-order valence-electron chi connectivity index (χ0n) is 14.6. The van der Waals surface area contributed by atoms with Gasteiger partial charge < -0.3 is 4.42 Å². The van der Waals surface area contributed by atoms with Crippen LogP contribution in [-0.2, 0) is 17.3 Å². The third-order valence-corrected chi connectivity index (χ3v) is 4.48. The van der Waals surface area contributed by atoms with Crippen molar-refractivity contribution < 1.29 is 4.42 Å². The molecule has 1 aromatic carbocycles. The average molecular weight is 287 g/mol. The Morgan fingerprint density at radius 3 is 2.24 bits per heavy atom. The summed E-state index contributed by atoms with van der Waals surface area (Å²) in [7, 11) is 0. The second kappa shape index (κ2) is 5.47. The molecule has 1 heterocycles. The lowest BCUT2D eigenvalue weighted by Gasteiger charge is -2.27. The summed E-state index contributed by atoms with van der Waals surface area (Å²) in [6.07, 6.45) is 3.05. The van der Waals surface area contributed by atoms with Crippen molar-refractivity contribution in [3.63, 3.8) is 0 Å². The number of fused-ring (bicyclic) bond motifs is 1. The van der Waals surface area contributed by atoms with Gasteiger partial charge in [-0.25, -0.2) is 4.98 Å². The Hall–Kier alpha value is -1.31. The summed E-state index contributed by atoms with van der Waals surface area (Å²) in [5.74, 6) is 0.867. The smallest absolute Gasteiger partial charge is 0.195 e. The van der Waals surface area contributed by atoms with E-state index in [1.807, 2.05) is 0 Å².